The van der Waals surface area contributed by atoms with Gasteiger partial charge in [0.25, 0.3) is 0 Å². The normalized spacial score (nSPS) is 11.9. The van der Waals surface area contributed by atoms with E-state index in [2.05, 4.69) is 4.74 Å². The molecule has 4 heteroatoms. The summed E-state index contributed by atoms with van der Waals surface area (Å²) in [7, 11) is 1.38. The number of benzene rings is 1. The molecule has 1 aromatic rings. The Morgan fingerprint density at radius 2 is 1.78 bits per heavy atom. The minimum absolute atomic E-state index is 0.00947. The minimum atomic E-state index is -0.439. The van der Waals surface area contributed by atoms with E-state index in [0.29, 0.717) is 19.3 Å². The highest BCUT2D eigenvalue weighted by molar-refractivity contribution is 5.81. The Morgan fingerprint density at radius 3 is 2.28 bits per heavy atom. The van der Waals surface area contributed by atoms with Crippen LogP contribution in [0.5, 0.6) is 0 Å². The highest BCUT2D eigenvalue weighted by atomic mass is 16.5. The highest BCUT2D eigenvalue weighted by Crippen LogP contribution is 2.09. The number of ketones is 1. The molecule has 1 atom stereocenters. The van der Waals surface area contributed by atoms with Crippen LogP contribution in [0, 0.1) is 0 Å². The maximum Gasteiger partial charge on any atom is 0.305 e. The maximum atomic E-state index is 11.0. The summed E-state index contributed by atoms with van der Waals surface area (Å²) in [6.07, 6.45) is 1.58. The summed E-state index contributed by atoms with van der Waals surface area (Å²) in [4.78, 5) is 22.0. The van der Waals surface area contributed by atoms with Gasteiger partial charge in [-0.25, -0.2) is 0 Å². The van der Waals surface area contributed by atoms with Crippen LogP contribution in [0.1, 0.15) is 24.5 Å². The van der Waals surface area contributed by atoms with Crippen molar-refractivity contribution in [1.29, 1.82) is 0 Å². The second-order valence-electron chi connectivity index (χ2n) is 4.31. The summed E-state index contributed by atoms with van der Waals surface area (Å²) in [5.74, 6) is -0.220. The molecular weight excluding hydrogens is 230 g/mol. The zero-order valence-corrected chi connectivity index (χ0v) is 10.8. The lowest BCUT2D eigenvalue weighted by Crippen LogP contribution is -2.30. The Morgan fingerprint density at radius 1 is 1.22 bits per heavy atom. The lowest BCUT2D eigenvalue weighted by Gasteiger charge is -2.08. The topological polar surface area (TPSA) is 69.4 Å². The molecule has 0 saturated carbocycles. The third-order valence-electron chi connectivity index (χ3n) is 2.85. The zero-order chi connectivity index (χ0) is 13.5. The van der Waals surface area contributed by atoms with Gasteiger partial charge in [-0.1, -0.05) is 24.3 Å². The average molecular weight is 249 g/mol. The molecule has 1 rings (SSSR count). The molecule has 0 aliphatic carbocycles. The summed E-state index contributed by atoms with van der Waals surface area (Å²) in [6.45, 7) is 1.50. The Kier molecular flexibility index (Phi) is 5.52. The summed E-state index contributed by atoms with van der Waals surface area (Å²) >= 11 is 0. The third-order valence-corrected chi connectivity index (χ3v) is 2.85. The Bertz CT molecular complexity index is 412. The monoisotopic (exact) mass is 249 g/mol. The molecule has 0 aliphatic rings. The number of hydrogen-bond acceptors (Lipinski definition) is 4. The molecule has 0 spiro atoms. The molecule has 2 N–H and O–H groups in total. The lowest BCUT2D eigenvalue weighted by molar-refractivity contribution is -0.140. The number of carbonyl (C=O) groups excluding carboxylic acids is 2. The summed E-state index contributed by atoms with van der Waals surface area (Å²) in [6, 6.07) is 7.34. The predicted molar refractivity (Wildman–Crippen MR) is 69.1 cm³/mol. The number of rotatable bonds is 6. The zero-order valence-electron chi connectivity index (χ0n) is 10.8. The smallest absolute Gasteiger partial charge is 0.305 e. The average Bonchev–Trinajstić information content (AvgIpc) is 2.37. The maximum absolute atomic E-state index is 11.0. The fourth-order valence-electron chi connectivity index (χ4n) is 1.59. The van der Waals surface area contributed by atoms with Gasteiger partial charge in [0, 0.05) is 6.42 Å². The van der Waals surface area contributed by atoms with Crippen LogP contribution in [0.3, 0.4) is 0 Å². The lowest BCUT2D eigenvalue weighted by atomic mass is 10.0. The van der Waals surface area contributed by atoms with Crippen molar-refractivity contribution in [2.45, 2.75) is 32.2 Å². The highest BCUT2D eigenvalue weighted by Gasteiger charge is 2.09. The predicted octanol–water partition coefficient (Wildman–Crippen LogP) is 1.25. The van der Waals surface area contributed by atoms with Gasteiger partial charge in [-0.2, -0.15) is 0 Å². The second-order valence-corrected chi connectivity index (χ2v) is 4.31. The first-order valence-corrected chi connectivity index (χ1v) is 5.93. The van der Waals surface area contributed by atoms with Crippen LogP contribution in [0.25, 0.3) is 0 Å². The third kappa shape index (κ3) is 4.67. The van der Waals surface area contributed by atoms with Crippen LogP contribution in [-0.2, 0) is 27.2 Å². The molecule has 18 heavy (non-hydrogen) atoms. The fraction of sp³-hybridized carbons (Fsp3) is 0.429. The van der Waals surface area contributed by atoms with Crippen molar-refractivity contribution in [3.05, 3.63) is 35.4 Å². The second kappa shape index (κ2) is 6.91. The molecule has 0 unspecified atom stereocenters. The van der Waals surface area contributed by atoms with Crippen molar-refractivity contribution in [2.75, 3.05) is 7.11 Å². The molecule has 1 aromatic carbocycles. The Hall–Kier alpha value is -1.68. The van der Waals surface area contributed by atoms with Gasteiger partial charge in [0.05, 0.1) is 13.2 Å². The molecule has 0 fully saturated rings. The van der Waals surface area contributed by atoms with E-state index in [0.717, 1.165) is 11.1 Å². The molecule has 4 nitrogen and oxygen atoms in total. The molecule has 98 valence electrons. The van der Waals surface area contributed by atoms with Crippen LogP contribution in [0.2, 0.25) is 0 Å². The molecular formula is C14H19NO3. The molecule has 0 aliphatic heterocycles. The number of nitrogens with two attached hydrogens (primary N) is 1. The van der Waals surface area contributed by atoms with Crippen molar-refractivity contribution in [3.63, 3.8) is 0 Å². The van der Waals surface area contributed by atoms with Gasteiger partial charge in [0.1, 0.15) is 5.78 Å². The first-order chi connectivity index (χ1) is 8.52. The van der Waals surface area contributed by atoms with Gasteiger partial charge in [0.2, 0.25) is 0 Å². The minimum Gasteiger partial charge on any atom is -0.469 e. The molecule has 0 amide bonds. The number of esters is 1. The van der Waals surface area contributed by atoms with Crippen molar-refractivity contribution in [1.82, 2.24) is 0 Å². The molecule has 0 bridgehead atoms. The molecule has 0 saturated heterocycles. The van der Waals surface area contributed by atoms with Crippen LogP contribution in [0.4, 0.5) is 0 Å². The first kappa shape index (κ1) is 14.4. The van der Waals surface area contributed by atoms with Gasteiger partial charge < -0.3 is 10.5 Å². The largest absolute Gasteiger partial charge is 0.469 e. The van der Waals surface area contributed by atoms with Crippen molar-refractivity contribution >= 4 is 11.8 Å². The van der Waals surface area contributed by atoms with Crippen molar-refractivity contribution in [2.24, 2.45) is 5.73 Å². The summed E-state index contributed by atoms with van der Waals surface area (Å²) in [5, 5.41) is 0. The van der Waals surface area contributed by atoms with E-state index in [-0.39, 0.29) is 11.8 Å². The van der Waals surface area contributed by atoms with E-state index in [4.69, 9.17) is 5.73 Å². The molecule has 0 heterocycles. The number of ether oxygens (including phenoxy) is 1. The molecule has 0 aromatic heterocycles. The van der Waals surface area contributed by atoms with Crippen LogP contribution in [0.15, 0.2) is 24.3 Å². The van der Waals surface area contributed by atoms with Gasteiger partial charge in [0.15, 0.2) is 0 Å². The number of Topliss-reactive ketones (excluding diaryl/α,β-unsaturated/α-hetero) is 1. The SMILES string of the molecule is COC(=O)CCc1ccc(C[C@H](N)C(C)=O)cc1. The van der Waals surface area contributed by atoms with E-state index in [9.17, 15) is 9.59 Å². The van der Waals surface area contributed by atoms with Crippen LogP contribution < -0.4 is 5.73 Å². The van der Waals surface area contributed by atoms with Gasteiger partial charge in [-0.15, -0.1) is 0 Å². The summed E-state index contributed by atoms with van der Waals surface area (Å²) in [5.41, 5.74) is 7.79. The Balaban J connectivity index is 2.52. The standard InChI is InChI=1S/C14H19NO3/c1-10(16)13(15)9-12-5-3-11(4-6-12)7-8-14(17)18-2/h3-6,13H,7-9,15H2,1-2H3/t13-/m0/s1. The number of hydrogen-bond donors (Lipinski definition) is 1. The van der Waals surface area contributed by atoms with Crippen LogP contribution in [-0.4, -0.2) is 24.9 Å². The van der Waals surface area contributed by atoms with Crippen molar-refractivity contribution in [3.8, 4) is 0 Å². The van der Waals surface area contributed by atoms with E-state index >= 15 is 0 Å². The van der Waals surface area contributed by atoms with Gasteiger partial charge >= 0.3 is 5.97 Å². The van der Waals surface area contributed by atoms with E-state index in [1.54, 1.807) is 0 Å². The fourth-order valence-corrected chi connectivity index (χ4v) is 1.59. The molecule has 0 radical (unpaired) electrons. The Labute approximate surface area is 107 Å². The van der Waals surface area contributed by atoms with Crippen molar-refractivity contribution < 1.29 is 14.3 Å². The number of aryl methyl sites for hydroxylation is 1. The van der Waals surface area contributed by atoms with Gasteiger partial charge in [-0.3, -0.25) is 9.59 Å². The van der Waals surface area contributed by atoms with E-state index in [1.165, 1.54) is 14.0 Å². The summed E-state index contributed by atoms with van der Waals surface area (Å²) < 4.78 is 4.58. The van der Waals surface area contributed by atoms with Gasteiger partial charge in [-0.05, 0) is 30.9 Å². The number of methoxy groups -OCH3 is 1. The van der Waals surface area contributed by atoms with Crippen LogP contribution >= 0.6 is 0 Å². The number of carbonyl (C=O) groups is 2. The van der Waals surface area contributed by atoms with E-state index in [1.807, 2.05) is 24.3 Å². The quantitative estimate of drug-likeness (QED) is 0.770. The van der Waals surface area contributed by atoms with E-state index < -0.39 is 6.04 Å². The first-order valence-electron chi connectivity index (χ1n) is 5.93.